The lowest BCUT2D eigenvalue weighted by molar-refractivity contribution is -0.00518. The number of nitrogens with zero attached hydrogens (tertiary/aromatic N) is 2. The van der Waals surface area contributed by atoms with Crippen molar-refractivity contribution >= 4 is 28.4 Å². The van der Waals surface area contributed by atoms with Crippen LogP contribution < -0.4 is 5.32 Å². The molecule has 4 saturated carbocycles. The lowest BCUT2D eigenvalue weighted by Gasteiger charge is -2.57. The molecule has 5 heteroatoms. The number of methoxy groups -OCH3 is 1. The number of anilines is 2. The average molecular weight is 492 g/mol. The number of nitrogens with one attached hydrogen (secondary N) is 1. The van der Waals surface area contributed by atoms with Gasteiger partial charge in [-0.15, -0.1) is 0 Å². The second-order valence-corrected chi connectivity index (χ2v) is 11.6. The number of imidazole rings is 1. The predicted molar refractivity (Wildman–Crippen MR) is 147 cm³/mol. The zero-order valence-corrected chi connectivity index (χ0v) is 21.5. The summed E-state index contributed by atoms with van der Waals surface area (Å²) in [6, 6.07) is 23.1. The largest absolute Gasteiger partial charge is 0.465 e. The SMILES string of the molecule is COC(=O)c1cccc2nc(-c3cccc(Nc4ccc(C56CC7CC(CC(C7)C5)C6)cc4)c3)n(C)c12. The number of esters is 1. The average Bonchev–Trinajstić information content (AvgIpc) is 3.24. The van der Waals surface area contributed by atoms with Crippen LogP contribution in [-0.2, 0) is 17.2 Å². The minimum atomic E-state index is -0.354. The van der Waals surface area contributed by atoms with E-state index in [0.29, 0.717) is 11.0 Å². The number of benzene rings is 3. The molecule has 0 amide bonds. The number of carbonyl (C=O) groups excluding carboxylic acids is 1. The summed E-state index contributed by atoms with van der Waals surface area (Å²) in [5.74, 6) is 3.33. The molecule has 1 aromatic heterocycles. The first-order valence-corrected chi connectivity index (χ1v) is 13.5. The van der Waals surface area contributed by atoms with Gasteiger partial charge >= 0.3 is 5.97 Å². The molecule has 4 aliphatic rings. The molecule has 4 aliphatic carbocycles. The van der Waals surface area contributed by atoms with Crippen LogP contribution in [0.1, 0.15) is 54.4 Å². The van der Waals surface area contributed by atoms with Crippen molar-refractivity contribution in [1.82, 2.24) is 9.55 Å². The Labute approximate surface area is 217 Å². The Morgan fingerprint density at radius 1 is 0.919 bits per heavy atom. The second-order valence-electron chi connectivity index (χ2n) is 11.6. The fraction of sp³-hybridized carbons (Fsp3) is 0.375. The summed E-state index contributed by atoms with van der Waals surface area (Å²) in [6.07, 6.45) is 8.61. The highest BCUT2D eigenvalue weighted by molar-refractivity contribution is 6.03. The van der Waals surface area contributed by atoms with E-state index >= 15 is 0 Å². The number of ether oxygens (including phenoxy) is 1. The van der Waals surface area contributed by atoms with Gasteiger partial charge in [-0.05, 0) is 104 Å². The van der Waals surface area contributed by atoms with Gasteiger partial charge in [0.25, 0.3) is 0 Å². The molecule has 5 nitrogen and oxygen atoms in total. The Balaban J connectivity index is 1.15. The van der Waals surface area contributed by atoms with E-state index in [4.69, 9.17) is 9.72 Å². The molecule has 3 aromatic carbocycles. The summed E-state index contributed by atoms with van der Waals surface area (Å²) in [5, 5.41) is 3.60. The molecule has 188 valence electrons. The molecule has 0 radical (unpaired) electrons. The van der Waals surface area contributed by atoms with Gasteiger partial charge in [-0.25, -0.2) is 9.78 Å². The van der Waals surface area contributed by atoms with Crippen molar-refractivity contribution in [3.63, 3.8) is 0 Å². The van der Waals surface area contributed by atoms with E-state index in [9.17, 15) is 4.79 Å². The van der Waals surface area contributed by atoms with Gasteiger partial charge in [-0.1, -0.05) is 30.3 Å². The van der Waals surface area contributed by atoms with Gasteiger partial charge in [0, 0.05) is 24.0 Å². The van der Waals surface area contributed by atoms with Crippen LogP contribution in [0.25, 0.3) is 22.4 Å². The second kappa shape index (κ2) is 8.47. The first-order valence-electron chi connectivity index (χ1n) is 13.5. The van der Waals surface area contributed by atoms with Gasteiger partial charge in [-0.2, -0.15) is 0 Å². The van der Waals surface area contributed by atoms with Crippen LogP contribution in [0.2, 0.25) is 0 Å². The Bertz CT molecular complexity index is 1470. The number of fused-ring (bicyclic) bond motifs is 1. The highest BCUT2D eigenvalue weighted by Gasteiger charge is 2.51. The standard InChI is InChI=1S/C32H33N3O2/c1-35-29-27(31(36)37-2)7-4-8-28(29)34-30(35)23-5-3-6-26(16-23)33-25-11-9-24(10-12-25)32-17-20-13-21(18-32)15-22(14-20)19-32/h3-12,16,20-22,33H,13-15,17-19H2,1-2H3. The van der Waals surface area contributed by atoms with Crippen molar-refractivity contribution < 1.29 is 9.53 Å². The van der Waals surface area contributed by atoms with Crippen molar-refractivity contribution in [2.45, 2.75) is 43.9 Å². The Morgan fingerprint density at radius 3 is 2.27 bits per heavy atom. The van der Waals surface area contributed by atoms with Crippen LogP contribution in [0.15, 0.2) is 66.7 Å². The third-order valence-electron chi connectivity index (χ3n) is 9.24. The molecule has 4 fully saturated rings. The fourth-order valence-corrected chi connectivity index (χ4v) is 8.08. The lowest BCUT2D eigenvalue weighted by atomic mass is 9.48. The van der Waals surface area contributed by atoms with Crippen molar-refractivity contribution in [2.24, 2.45) is 24.8 Å². The maximum atomic E-state index is 12.3. The van der Waals surface area contributed by atoms with Crippen molar-refractivity contribution in [1.29, 1.82) is 0 Å². The van der Waals surface area contributed by atoms with Gasteiger partial charge in [0.15, 0.2) is 0 Å². The molecule has 1 N–H and O–H groups in total. The van der Waals surface area contributed by atoms with E-state index in [-0.39, 0.29) is 5.97 Å². The van der Waals surface area contributed by atoms with E-state index in [2.05, 4.69) is 47.8 Å². The predicted octanol–water partition coefficient (Wildman–Crippen LogP) is 7.24. The zero-order chi connectivity index (χ0) is 25.1. The van der Waals surface area contributed by atoms with Crippen molar-refractivity contribution in [3.8, 4) is 11.4 Å². The topological polar surface area (TPSA) is 56.1 Å². The fourth-order valence-electron chi connectivity index (χ4n) is 8.08. The van der Waals surface area contributed by atoms with Crippen LogP contribution in [0.5, 0.6) is 0 Å². The molecular weight excluding hydrogens is 458 g/mol. The number of rotatable bonds is 5. The van der Waals surface area contributed by atoms with Gasteiger partial charge in [0.05, 0.1) is 23.7 Å². The van der Waals surface area contributed by atoms with Crippen LogP contribution >= 0.6 is 0 Å². The summed E-state index contributed by atoms with van der Waals surface area (Å²) < 4.78 is 6.96. The van der Waals surface area contributed by atoms with Crippen LogP contribution in [0.4, 0.5) is 11.4 Å². The Kier molecular flexibility index (Phi) is 5.17. The maximum absolute atomic E-state index is 12.3. The molecule has 0 aliphatic heterocycles. The van der Waals surface area contributed by atoms with Crippen LogP contribution in [0.3, 0.4) is 0 Å². The molecule has 4 aromatic rings. The molecule has 1 heterocycles. The van der Waals surface area contributed by atoms with E-state index in [1.54, 1.807) is 11.6 Å². The first-order chi connectivity index (χ1) is 18.0. The van der Waals surface area contributed by atoms with E-state index in [0.717, 1.165) is 51.5 Å². The van der Waals surface area contributed by atoms with Gasteiger partial charge in [-0.3, -0.25) is 0 Å². The van der Waals surface area contributed by atoms with Crippen molar-refractivity contribution in [2.75, 3.05) is 12.4 Å². The number of aromatic nitrogens is 2. The van der Waals surface area contributed by atoms with Crippen molar-refractivity contribution in [3.05, 3.63) is 77.9 Å². The molecule has 0 atom stereocenters. The summed E-state index contributed by atoms with van der Waals surface area (Å²) in [6.45, 7) is 0. The van der Waals surface area contributed by atoms with Gasteiger partial charge in [0.1, 0.15) is 5.82 Å². The molecule has 0 saturated heterocycles. The Morgan fingerprint density at radius 2 is 1.59 bits per heavy atom. The first kappa shape index (κ1) is 22.6. The minimum absolute atomic E-state index is 0.354. The lowest BCUT2D eigenvalue weighted by Crippen LogP contribution is -2.48. The molecule has 37 heavy (non-hydrogen) atoms. The van der Waals surface area contributed by atoms with Gasteiger partial charge < -0.3 is 14.6 Å². The highest BCUT2D eigenvalue weighted by Crippen LogP contribution is 2.60. The molecule has 0 unspecified atom stereocenters. The summed E-state index contributed by atoms with van der Waals surface area (Å²) in [7, 11) is 3.35. The van der Waals surface area contributed by atoms with E-state index in [1.165, 1.54) is 45.6 Å². The van der Waals surface area contributed by atoms with E-state index < -0.39 is 0 Å². The third kappa shape index (κ3) is 3.75. The highest BCUT2D eigenvalue weighted by atomic mass is 16.5. The minimum Gasteiger partial charge on any atom is -0.465 e. The molecular formula is C32H33N3O2. The number of carbonyl (C=O) groups is 1. The number of para-hydroxylation sites is 1. The third-order valence-corrected chi connectivity index (χ3v) is 9.24. The van der Waals surface area contributed by atoms with Crippen LogP contribution in [0, 0.1) is 17.8 Å². The molecule has 4 bridgehead atoms. The van der Waals surface area contributed by atoms with Crippen LogP contribution in [-0.4, -0.2) is 22.6 Å². The summed E-state index contributed by atoms with van der Waals surface area (Å²) in [5.41, 5.74) is 7.16. The summed E-state index contributed by atoms with van der Waals surface area (Å²) in [4.78, 5) is 17.1. The molecule has 8 rings (SSSR count). The smallest absolute Gasteiger partial charge is 0.340 e. The van der Waals surface area contributed by atoms with E-state index in [1.807, 2.05) is 29.8 Å². The number of aryl methyl sites for hydroxylation is 1. The number of hydrogen-bond acceptors (Lipinski definition) is 4. The zero-order valence-electron chi connectivity index (χ0n) is 21.5. The summed E-state index contributed by atoms with van der Waals surface area (Å²) >= 11 is 0. The molecule has 0 spiro atoms. The normalized spacial score (nSPS) is 25.9. The quantitative estimate of drug-likeness (QED) is 0.299. The Hall–Kier alpha value is -3.60. The van der Waals surface area contributed by atoms with Gasteiger partial charge in [0.2, 0.25) is 0 Å². The monoisotopic (exact) mass is 491 g/mol. The maximum Gasteiger partial charge on any atom is 0.340 e. The number of hydrogen-bond donors (Lipinski definition) is 1.